The van der Waals surface area contributed by atoms with Crippen LogP contribution in [0.25, 0.3) is 0 Å². The van der Waals surface area contributed by atoms with E-state index in [9.17, 15) is 13.2 Å². The fraction of sp³-hybridized carbons (Fsp3) is 0.391. The van der Waals surface area contributed by atoms with Crippen molar-refractivity contribution in [2.75, 3.05) is 32.7 Å². The zero-order valence-electron chi connectivity index (χ0n) is 17.5. The number of aryl methyl sites for hydroxylation is 1. The molecule has 1 atom stereocenters. The van der Waals surface area contributed by atoms with Crippen LogP contribution in [0.1, 0.15) is 28.7 Å². The van der Waals surface area contributed by atoms with Gasteiger partial charge in [0.15, 0.2) is 0 Å². The Kier molecular flexibility index (Phi) is 6.38. The zero-order valence-corrected chi connectivity index (χ0v) is 17.5. The van der Waals surface area contributed by atoms with Crippen LogP contribution in [0.4, 0.5) is 13.2 Å². The lowest BCUT2D eigenvalue weighted by atomic mass is 10.0. The van der Waals surface area contributed by atoms with E-state index in [4.69, 9.17) is 0 Å². The summed E-state index contributed by atoms with van der Waals surface area (Å²) in [4.78, 5) is 8.60. The van der Waals surface area contributed by atoms with Crippen LogP contribution in [0.3, 0.4) is 0 Å². The van der Waals surface area contributed by atoms with Gasteiger partial charge in [-0.25, -0.2) is 4.98 Å². The molecule has 0 spiro atoms. The van der Waals surface area contributed by atoms with Crippen molar-refractivity contribution in [3.05, 3.63) is 83.4 Å². The highest BCUT2D eigenvalue weighted by molar-refractivity contribution is 5.25. The van der Waals surface area contributed by atoms with E-state index in [0.29, 0.717) is 5.69 Å². The Labute approximate surface area is 180 Å². The highest BCUT2D eigenvalue weighted by atomic mass is 19.4. The van der Waals surface area contributed by atoms with Crippen LogP contribution in [-0.2, 0) is 19.6 Å². The molecule has 0 saturated carbocycles. The van der Waals surface area contributed by atoms with E-state index >= 15 is 0 Å². The Morgan fingerprint density at radius 1 is 0.935 bits per heavy atom. The van der Waals surface area contributed by atoms with E-state index in [1.54, 1.807) is 16.9 Å². The van der Waals surface area contributed by atoms with Crippen LogP contribution in [0.5, 0.6) is 0 Å². The average Bonchev–Trinajstić information content (AvgIpc) is 3.19. The molecule has 1 saturated heterocycles. The average molecular weight is 429 g/mol. The normalized spacial score (nSPS) is 17.0. The van der Waals surface area contributed by atoms with Gasteiger partial charge in [-0.3, -0.25) is 9.58 Å². The fourth-order valence-electron chi connectivity index (χ4n) is 4.12. The monoisotopic (exact) mass is 429 g/mol. The number of nitrogens with zero attached hydrogens (tertiary/aromatic N) is 5. The van der Waals surface area contributed by atoms with Crippen molar-refractivity contribution in [2.45, 2.75) is 18.6 Å². The largest absolute Gasteiger partial charge is 0.433 e. The first-order valence-corrected chi connectivity index (χ1v) is 10.4. The summed E-state index contributed by atoms with van der Waals surface area (Å²) in [6.45, 7) is 4.20. The molecule has 0 radical (unpaired) electrons. The fourth-order valence-corrected chi connectivity index (χ4v) is 4.12. The van der Waals surface area contributed by atoms with E-state index in [0.717, 1.165) is 50.9 Å². The van der Waals surface area contributed by atoms with Crippen LogP contribution in [0.15, 0.2) is 60.8 Å². The molecule has 5 nitrogen and oxygen atoms in total. The minimum atomic E-state index is -4.47. The predicted octanol–water partition coefficient (Wildman–Crippen LogP) is 3.78. The summed E-state index contributed by atoms with van der Waals surface area (Å²) in [6.07, 6.45) is -1.81. The molecule has 0 N–H and O–H groups in total. The SMILES string of the molecule is Cn1nccc1C(c1cccc(C(F)(F)F)n1)N1CCN(CCc2ccccc2)CC1. The van der Waals surface area contributed by atoms with Gasteiger partial charge in [0.1, 0.15) is 5.69 Å². The number of benzene rings is 1. The number of pyridine rings is 1. The lowest BCUT2D eigenvalue weighted by Gasteiger charge is -2.39. The number of piperazine rings is 1. The lowest BCUT2D eigenvalue weighted by molar-refractivity contribution is -0.141. The maximum absolute atomic E-state index is 13.3. The number of hydrogen-bond donors (Lipinski definition) is 0. The molecule has 3 aromatic rings. The number of alkyl halides is 3. The molecule has 2 aromatic heterocycles. The quantitative estimate of drug-likeness (QED) is 0.598. The van der Waals surface area contributed by atoms with E-state index in [1.807, 2.05) is 31.3 Å². The van der Waals surface area contributed by atoms with E-state index in [-0.39, 0.29) is 6.04 Å². The third-order valence-corrected chi connectivity index (χ3v) is 5.81. The second-order valence-electron chi connectivity index (χ2n) is 7.84. The van der Waals surface area contributed by atoms with Gasteiger partial charge in [0.25, 0.3) is 0 Å². The molecule has 164 valence electrons. The number of aromatic nitrogens is 3. The van der Waals surface area contributed by atoms with Crippen molar-refractivity contribution in [1.82, 2.24) is 24.6 Å². The summed E-state index contributed by atoms with van der Waals surface area (Å²) in [5, 5.41) is 4.24. The number of hydrogen-bond acceptors (Lipinski definition) is 4. The van der Waals surface area contributed by atoms with Crippen LogP contribution in [0.2, 0.25) is 0 Å². The molecule has 8 heteroatoms. The number of halogens is 3. The Morgan fingerprint density at radius 3 is 2.32 bits per heavy atom. The smallest absolute Gasteiger partial charge is 0.300 e. The van der Waals surface area contributed by atoms with Gasteiger partial charge in [-0.05, 0) is 30.2 Å². The Balaban J connectivity index is 1.50. The first-order valence-electron chi connectivity index (χ1n) is 10.4. The zero-order chi connectivity index (χ0) is 21.8. The second kappa shape index (κ2) is 9.20. The van der Waals surface area contributed by atoms with Crippen LogP contribution in [0, 0.1) is 0 Å². The maximum atomic E-state index is 13.3. The molecule has 4 rings (SSSR count). The Morgan fingerprint density at radius 2 is 1.68 bits per heavy atom. The summed E-state index contributed by atoms with van der Waals surface area (Å²) >= 11 is 0. The summed E-state index contributed by atoms with van der Waals surface area (Å²) in [7, 11) is 1.81. The van der Waals surface area contributed by atoms with Gasteiger partial charge in [-0.1, -0.05) is 36.4 Å². The van der Waals surface area contributed by atoms with Crippen LogP contribution in [-0.4, -0.2) is 57.3 Å². The topological polar surface area (TPSA) is 37.2 Å². The molecule has 1 aliphatic heterocycles. The van der Waals surface area contributed by atoms with E-state index in [2.05, 4.69) is 32.0 Å². The summed E-state index contributed by atoms with van der Waals surface area (Å²) < 4.78 is 41.5. The van der Waals surface area contributed by atoms with Gasteiger partial charge in [0, 0.05) is 46.0 Å². The summed E-state index contributed by atoms with van der Waals surface area (Å²) in [5.74, 6) is 0. The van der Waals surface area contributed by atoms with Gasteiger partial charge < -0.3 is 4.90 Å². The summed E-state index contributed by atoms with van der Waals surface area (Å²) in [6, 6.07) is 16.0. The minimum absolute atomic E-state index is 0.369. The lowest BCUT2D eigenvalue weighted by Crippen LogP contribution is -2.48. The summed E-state index contributed by atoms with van der Waals surface area (Å²) in [5.41, 5.74) is 1.69. The molecule has 1 fully saturated rings. The molecule has 1 unspecified atom stereocenters. The van der Waals surface area contributed by atoms with Gasteiger partial charge in [0.05, 0.1) is 17.4 Å². The molecular formula is C23H26F3N5. The molecule has 0 aliphatic carbocycles. The highest BCUT2D eigenvalue weighted by Crippen LogP contribution is 2.32. The van der Waals surface area contributed by atoms with E-state index in [1.165, 1.54) is 11.6 Å². The molecule has 3 heterocycles. The van der Waals surface area contributed by atoms with Gasteiger partial charge in [-0.2, -0.15) is 18.3 Å². The molecule has 31 heavy (non-hydrogen) atoms. The van der Waals surface area contributed by atoms with Crippen molar-refractivity contribution >= 4 is 0 Å². The van der Waals surface area contributed by atoms with Crippen molar-refractivity contribution in [3.8, 4) is 0 Å². The van der Waals surface area contributed by atoms with Crippen molar-refractivity contribution < 1.29 is 13.2 Å². The van der Waals surface area contributed by atoms with Crippen molar-refractivity contribution in [2.24, 2.45) is 7.05 Å². The van der Waals surface area contributed by atoms with Gasteiger partial charge >= 0.3 is 6.18 Å². The van der Waals surface area contributed by atoms with Crippen LogP contribution < -0.4 is 0 Å². The molecule has 0 amide bonds. The highest BCUT2D eigenvalue weighted by Gasteiger charge is 2.35. The first kappa shape index (κ1) is 21.5. The third-order valence-electron chi connectivity index (χ3n) is 5.81. The van der Waals surface area contributed by atoms with E-state index < -0.39 is 11.9 Å². The van der Waals surface area contributed by atoms with Crippen LogP contribution >= 0.6 is 0 Å². The predicted molar refractivity (Wildman–Crippen MR) is 112 cm³/mol. The molecule has 1 aliphatic rings. The molecular weight excluding hydrogens is 403 g/mol. The Hall–Kier alpha value is -2.71. The molecule has 0 bridgehead atoms. The van der Waals surface area contributed by atoms with Crippen molar-refractivity contribution in [1.29, 1.82) is 0 Å². The Bertz CT molecular complexity index is 978. The maximum Gasteiger partial charge on any atom is 0.433 e. The molecule has 1 aromatic carbocycles. The minimum Gasteiger partial charge on any atom is -0.300 e. The van der Waals surface area contributed by atoms with Crippen molar-refractivity contribution in [3.63, 3.8) is 0 Å². The van der Waals surface area contributed by atoms with Gasteiger partial charge in [0.2, 0.25) is 0 Å². The third kappa shape index (κ3) is 5.14. The number of rotatable bonds is 6. The second-order valence-corrected chi connectivity index (χ2v) is 7.84. The standard InChI is InChI=1S/C23H26F3N5/c1-29-20(10-12-27-29)22(19-8-5-9-21(28-19)23(24,25)26)31-16-14-30(15-17-31)13-11-18-6-3-2-4-7-18/h2-10,12,22H,11,13-17H2,1H3. The van der Waals surface area contributed by atoms with Gasteiger partial charge in [-0.15, -0.1) is 0 Å². The first-order chi connectivity index (χ1) is 14.9.